The van der Waals surface area contributed by atoms with Crippen molar-refractivity contribution in [3.05, 3.63) is 64.0 Å². The second-order valence-electron chi connectivity index (χ2n) is 6.63. The van der Waals surface area contributed by atoms with E-state index in [2.05, 4.69) is 42.8 Å². The minimum atomic E-state index is -4.59. The summed E-state index contributed by atoms with van der Waals surface area (Å²) in [6.07, 6.45) is -0.290. The molecule has 2 bridgehead atoms. The van der Waals surface area contributed by atoms with Crippen LogP contribution in [-0.4, -0.2) is 15.0 Å². The average molecular weight is 449 g/mol. The van der Waals surface area contributed by atoms with Gasteiger partial charge in [0, 0.05) is 28.4 Å². The summed E-state index contributed by atoms with van der Waals surface area (Å²) in [5.41, 5.74) is 1.64. The van der Waals surface area contributed by atoms with E-state index in [9.17, 15) is 13.2 Å². The number of aryl methyl sites for hydroxylation is 2. The van der Waals surface area contributed by atoms with Crippen LogP contribution in [0.1, 0.15) is 35.4 Å². The van der Waals surface area contributed by atoms with E-state index in [1.165, 1.54) is 0 Å². The van der Waals surface area contributed by atoms with Crippen LogP contribution in [0.3, 0.4) is 0 Å². The molecule has 8 heteroatoms. The highest BCUT2D eigenvalue weighted by Gasteiger charge is 2.37. The van der Waals surface area contributed by atoms with Gasteiger partial charge in [-0.2, -0.15) is 13.2 Å². The molecule has 28 heavy (non-hydrogen) atoms. The molecule has 0 atom stereocenters. The maximum atomic E-state index is 13.8. The molecule has 0 fully saturated rings. The zero-order valence-electron chi connectivity index (χ0n) is 14.8. The molecule has 0 amide bonds. The number of halogens is 4. The van der Waals surface area contributed by atoms with Crippen LogP contribution in [-0.2, 0) is 19.0 Å². The van der Waals surface area contributed by atoms with Gasteiger partial charge in [-0.25, -0.2) is 15.0 Å². The second-order valence-corrected chi connectivity index (χ2v) is 7.49. The van der Waals surface area contributed by atoms with Gasteiger partial charge in [-0.15, -0.1) is 0 Å². The summed E-state index contributed by atoms with van der Waals surface area (Å²) >= 11 is 2.98. The highest BCUT2D eigenvalue weighted by molar-refractivity contribution is 9.10. The number of rotatable bonds is 0. The molecular weight excluding hydrogens is 433 g/mol. The first-order valence-corrected chi connectivity index (χ1v) is 9.60. The Morgan fingerprint density at radius 2 is 1.82 bits per heavy atom. The van der Waals surface area contributed by atoms with Gasteiger partial charge in [0.2, 0.25) is 0 Å². The molecule has 0 spiro atoms. The standard InChI is InChI=1S/C20H16BrF3N4/c1-11-13-8-4-2-6-12(13)7-3-5-9-15-27-18-16(19(26-11)28-15)17(20(22,23)24)14(21)10-25-18/h2,4,6,8,10H,1,3,5,7,9H2,(H,25,26,27,28). The van der Waals surface area contributed by atoms with Crippen molar-refractivity contribution in [2.45, 2.75) is 31.9 Å². The summed E-state index contributed by atoms with van der Waals surface area (Å²) in [6, 6.07) is 7.75. The van der Waals surface area contributed by atoms with Crippen LogP contribution >= 0.6 is 15.9 Å². The third kappa shape index (κ3) is 3.48. The van der Waals surface area contributed by atoms with Crippen LogP contribution in [0, 0.1) is 0 Å². The number of nitrogens with one attached hydrogen (secondary N) is 1. The largest absolute Gasteiger partial charge is 0.418 e. The first kappa shape index (κ1) is 18.9. The van der Waals surface area contributed by atoms with Crippen molar-refractivity contribution in [1.29, 1.82) is 0 Å². The number of anilines is 1. The van der Waals surface area contributed by atoms with E-state index in [0.717, 1.165) is 36.6 Å². The van der Waals surface area contributed by atoms with Crippen molar-refractivity contribution in [3.63, 3.8) is 0 Å². The Hall–Kier alpha value is -2.48. The zero-order chi connectivity index (χ0) is 19.9. The predicted molar refractivity (Wildman–Crippen MR) is 106 cm³/mol. The summed E-state index contributed by atoms with van der Waals surface area (Å²) in [4.78, 5) is 12.8. The molecule has 0 saturated heterocycles. The zero-order valence-corrected chi connectivity index (χ0v) is 16.4. The molecule has 0 aliphatic carbocycles. The van der Waals surface area contributed by atoms with Crippen LogP contribution in [0.25, 0.3) is 16.7 Å². The van der Waals surface area contributed by atoms with E-state index >= 15 is 0 Å². The number of hydrogen-bond donors (Lipinski definition) is 1. The Labute approximate surface area is 168 Å². The lowest BCUT2D eigenvalue weighted by atomic mass is 9.99. The first-order chi connectivity index (χ1) is 13.3. The van der Waals surface area contributed by atoms with Crippen LogP contribution in [0.4, 0.5) is 19.0 Å². The fourth-order valence-electron chi connectivity index (χ4n) is 3.44. The molecule has 3 heterocycles. The smallest absolute Gasteiger partial charge is 0.340 e. The Bertz CT molecular complexity index is 1080. The minimum Gasteiger partial charge on any atom is -0.340 e. The van der Waals surface area contributed by atoms with Gasteiger partial charge >= 0.3 is 6.18 Å². The highest BCUT2D eigenvalue weighted by atomic mass is 79.9. The van der Waals surface area contributed by atoms with E-state index in [0.29, 0.717) is 17.9 Å². The average Bonchev–Trinajstić information content (AvgIpc) is 2.66. The lowest BCUT2D eigenvalue weighted by molar-refractivity contribution is -0.136. The van der Waals surface area contributed by atoms with Gasteiger partial charge in [-0.3, -0.25) is 0 Å². The van der Waals surface area contributed by atoms with Crippen LogP contribution in [0.5, 0.6) is 0 Å². The van der Waals surface area contributed by atoms with E-state index in [1.807, 2.05) is 24.3 Å². The third-order valence-electron chi connectivity index (χ3n) is 4.72. The molecule has 144 valence electrons. The number of alkyl halides is 3. The van der Waals surface area contributed by atoms with Gasteiger partial charge in [0.25, 0.3) is 0 Å². The van der Waals surface area contributed by atoms with Crippen molar-refractivity contribution < 1.29 is 13.2 Å². The van der Waals surface area contributed by atoms with Gasteiger partial charge in [-0.05, 0) is 40.8 Å². The quantitative estimate of drug-likeness (QED) is 0.474. The molecule has 1 aliphatic rings. The van der Waals surface area contributed by atoms with E-state index in [1.54, 1.807) is 0 Å². The van der Waals surface area contributed by atoms with E-state index in [-0.39, 0.29) is 21.3 Å². The molecule has 0 radical (unpaired) electrons. The molecule has 2 aromatic heterocycles. The fourth-order valence-corrected chi connectivity index (χ4v) is 3.97. The number of nitrogens with zero attached hydrogens (tertiary/aromatic N) is 3. The third-order valence-corrected chi connectivity index (χ3v) is 5.32. The monoisotopic (exact) mass is 448 g/mol. The number of aromatic nitrogens is 3. The topological polar surface area (TPSA) is 50.7 Å². The van der Waals surface area contributed by atoms with Crippen LogP contribution in [0.2, 0.25) is 0 Å². The normalized spacial score (nSPS) is 14.9. The van der Waals surface area contributed by atoms with Gasteiger partial charge in [0.15, 0.2) is 5.65 Å². The number of hydrogen-bond acceptors (Lipinski definition) is 4. The Kier molecular flexibility index (Phi) is 4.82. The Morgan fingerprint density at radius 1 is 1.07 bits per heavy atom. The molecule has 1 N–H and O–H groups in total. The second kappa shape index (κ2) is 7.16. The van der Waals surface area contributed by atoms with Crippen molar-refractivity contribution in [1.82, 2.24) is 15.0 Å². The van der Waals surface area contributed by atoms with Crippen LogP contribution in [0.15, 0.2) is 41.5 Å². The van der Waals surface area contributed by atoms with E-state index < -0.39 is 11.7 Å². The van der Waals surface area contributed by atoms with Crippen molar-refractivity contribution in [2.75, 3.05) is 5.32 Å². The summed E-state index contributed by atoms with van der Waals surface area (Å²) in [5, 5.41) is 2.85. The number of fused-ring (bicyclic) bond motifs is 5. The maximum Gasteiger partial charge on any atom is 0.418 e. The van der Waals surface area contributed by atoms with Crippen molar-refractivity contribution in [3.8, 4) is 0 Å². The summed E-state index contributed by atoms with van der Waals surface area (Å²) in [6.45, 7) is 4.05. The molecule has 0 saturated carbocycles. The van der Waals surface area contributed by atoms with Crippen LogP contribution < -0.4 is 5.32 Å². The number of benzene rings is 1. The van der Waals surface area contributed by atoms with Crippen molar-refractivity contribution >= 4 is 38.5 Å². The van der Waals surface area contributed by atoms with Gasteiger partial charge in [0.05, 0.1) is 10.9 Å². The summed E-state index contributed by atoms with van der Waals surface area (Å²) in [5.74, 6) is 0.541. The summed E-state index contributed by atoms with van der Waals surface area (Å²) in [7, 11) is 0. The number of pyridine rings is 1. The molecule has 0 unspecified atom stereocenters. The fraction of sp³-hybridized carbons (Fsp3) is 0.250. The van der Waals surface area contributed by atoms with Crippen molar-refractivity contribution in [2.24, 2.45) is 0 Å². The lowest BCUT2D eigenvalue weighted by Crippen LogP contribution is -2.12. The minimum absolute atomic E-state index is 0.0170. The predicted octanol–water partition coefficient (Wildman–Crippen LogP) is 5.77. The molecule has 1 aliphatic heterocycles. The van der Waals surface area contributed by atoms with Gasteiger partial charge in [-0.1, -0.05) is 30.8 Å². The molecule has 1 aromatic carbocycles. The lowest BCUT2D eigenvalue weighted by Gasteiger charge is -2.17. The summed E-state index contributed by atoms with van der Waals surface area (Å²) < 4.78 is 41.2. The SMILES string of the molecule is C=C1Nc2nc(nc3ncc(Br)c(C(F)(F)F)c23)CCCCc2ccccc21. The Morgan fingerprint density at radius 3 is 2.61 bits per heavy atom. The molecule has 4 nitrogen and oxygen atoms in total. The van der Waals surface area contributed by atoms with Gasteiger partial charge in [0.1, 0.15) is 11.6 Å². The molecule has 4 rings (SSSR count). The maximum absolute atomic E-state index is 13.8. The molecular formula is C20H16BrF3N4. The van der Waals surface area contributed by atoms with E-state index in [4.69, 9.17) is 0 Å². The Balaban J connectivity index is 1.96. The highest BCUT2D eigenvalue weighted by Crippen LogP contribution is 2.41. The first-order valence-electron chi connectivity index (χ1n) is 8.81. The van der Waals surface area contributed by atoms with Gasteiger partial charge < -0.3 is 5.32 Å². The molecule has 3 aromatic rings.